The molecule has 3 aromatic heterocycles. The fourth-order valence-corrected chi connectivity index (χ4v) is 3.23. The van der Waals surface area contributed by atoms with E-state index in [9.17, 15) is 0 Å². The number of benzene rings is 1. The summed E-state index contributed by atoms with van der Waals surface area (Å²) in [5, 5.41) is 12.8. The van der Waals surface area contributed by atoms with Crippen LogP contribution in [0.2, 0.25) is 0 Å². The van der Waals surface area contributed by atoms with E-state index in [2.05, 4.69) is 25.3 Å². The zero-order valence-corrected chi connectivity index (χ0v) is 14.0. The third-order valence-corrected chi connectivity index (χ3v) is 4.26. The van der Waals surface area contributed by atoms with Crippen LogP contribution >= 0.6 is 11.8 Å². The summed E-state index contributed by atoms with van der Waals surface area (Å²) < 4.78 is 7.57. The van der Waals surface area contributed by atoms with Gasteiger partial charge in [-0.1, -0.05) is 40.3 Å². The van der Waals surface area contributed by atoms with Crippen LogP contribution in [0.4, 0.5) is 0 Å². The van der Waals surface area contributed by atoms with Crippen LogP contribution in [0.25, 0.3) is 5.78 Å². The maximum absolute atomic E-state index is 5.76. The van der Waals surface area contributed by atoms with Gasteiger partial charge < -0.3 is 4.42 Å². The van der Waals surface area contributed by atoms with E-state index in [4.69, 9.17) is 4.42 Å². The van der Waals surface area contributed by atoms with Crippen molar-refractivity contribution in [1.29, 1.82) is 0 Å². The molecule has 0 atom stereocenters. The second kappa shape index (κ2) is 6.04. The van der Waals surface area contributed by atoms with Gasteiger partial charge in [0.25, 0.3) is 5.22 Å². The number of H-pyrrole nitrogens is 1. The van der Waals surface area contributed by atoms with Crippen molar-refractivity contribution in [3.05, 3.63) is 59.4 Å². The molecule has 0 saturated heterocycles. The summed E-state index contributed by atoms with van der Waals surface area (Å²) in [6, 6.07) is 12.0. The van der Waals surface area contributed by atoms with Gasteiger partial charge in [-0.2, -0.15) is 0 Å². The predicted octanol–water partition coefficient (Wildman–Crippen LogP) is 2.29. The lowest BCUT2D eigenvalue weighted by atomic mass is 10.2. The molecule has 0 fully saturated rings. The molecule has 4 aromatic rings. The number of aryl methyl sites for hydroxylation is 2. The highest BCUT2D eigenvalue weighted by Crippen LogP contribution is 2.24. The largest absolute Gasteiger partial charge is 0.458 e. The molecule has 120 valence electrons. The lowest BCUT2D eigenvalue weighted by Crippen LogP contribution is -2.27. The van der Waals surface area contributed by atoms with Crippen LogP contribution in [-0.2, 0) is 6.42 Å². The number of nitrogens with zero attached hydrogens (tertiary/aromatic N) is 5. The number of hydrogen-bond acceptors (Lipinski definition) is 6. The van der Waals surface area contributed by atoms with Crippen molar-refractivity contribution in [2.75, 3.05) is 0 Å². The van der Waals surface area contributed by atoms with Gasteiger partial charge in [-0.25, -0.2) is 5.10 Å². The van der Waals surface area contributed by atoms with Crippen molar-refractivity contribution < 1.29 is 8.93 Å². The molecule has 4 rings (SSSR count). The van der Waals surface area contributed by atoms with E-state index >= 15 is 0 Å². The summed E-state index contributed by atoms with van der Waals surface area (Å²) >= 11 is 1.39. The van der Waals surface area contributed by atoms with Crippen molar-refractivity contribution in [2.45, 2.75) is 30.5 Å². The SMILES string of the molecule is Cc1cc(Sc2nnc(Cc3ccccc3)o2)[n+]2[nH]c(C)nc2n1. The molecule has 0 aliphatic rings. The fourth-order valence-electron chi connectivity index (χ4n) is 2.38. The van der Waals surface area contributed by atoms with Crippen molar-refractivity contribution in [3.63, 3.8) is 0 Å². The van der Waals surface area contributed by atoms with E-state index in [1.807, 2.05) is 54.8 Å². The minimum absolute atomic E-state index is 0.493. The molecule has 0 unspecified atom stereocenters. The minimum atomic E-state index is 0.493. The van der Waals surface area contributed by atoms with Gasteiger partial charge in [0, 0.05) is 24.8 Å². The van der Waals surface area contributed by atoms with E-state index in [1.54, 1.807) is 0 Å². The average molecular weight is 339 g/mol. The maximum Gasteiger partial charge on any atom is 0.458 e. The maximum atomic E-state index is 5.76. The second-order valence-electron chi connectivity index (χ2n) is 5.41. The first-order valence-corrected chi connectivity index (χ1v) is 8.29. The van der Waals surface area contributed by atoms with E-state index in [0.717, 1.165) is 22.1 Å². The van der Waals surface area contributed by atoms with E-state index in [1.165, 1.54) is 11.8 Å². The van der Waals surface area contributed by atoms with Crippen LogP contribution < -0.4 is 4.52 Å². The molecule has 24 heavy (non-hydrogen) atoms. The Kier molecular flexibility index (Phi) is 3.73. The Morgan fingerprint density at radius 1 is 1.12 bits per heavy atom. The van der Waals surface area contributed by atoms with Gasteiger partial charge in [0.05, 0.1) is 6.42 Å². The van der Waals surface area contributed by atoms with E-state index in [0.29, 0.717) is 23.3 Å². The number of rotatable bonds is 4. The Balaban J connectivity index is 1.60. The fraction of sp³-hybridized carbons (Fsp3) is 0.188. The molecule has 0 bridgehead atoms. The Morgan fingerprint density at radius 2 is 1.96 bits per heavy atom. The highest BCUT2D eigenvalue weighted by Gasteiger charge is 2.19. The number of aromatic amines is 1. The van der Waals surface area contributed by atoms with Crippen LogP contribution in [0.15, 0.2) is 51.1 Å². The first kappa shape index (κ1) is 14.8. The topological polar surface area (TPSA) is 84.6 Å². The first-order chi connectivity index (χ1) is 11.7. The molecular formula is C16H15N6OS+. The molecule has 0 spiro atoms. The summed E-state index contributed by atoms with van der Waals surface area (Å²) in [5.41, 5.74) is 2.02. The summed E-state index contributed by atoms with van der Waals surface area (Å²) in [6.45, 7) is 3.83. The van der Waals surface area contributed by atoms with Crippen LogP contribution in [0, 0.1) is 13.8 Å². The molecular weight excluding hydrogens is 324 g/mol. The smallest absolute Gasteiger partial charge is 0.415 e. The van der Waals surface area contributed by atoms with Gasteiger partial charge in [-0.3, -0.25) is 0 Å². The zero-order chi connectivity index (χ0) is 16.5. The summed E-state index contributed by atoms with van der Waals surface area (Å²) in [4.78, 5) is 8.75. The third kappa shape index (κ3) is 3.00. The lowest BCUT2D eigenvalue weighted by Gasteiger charge is -1.96. The first-order valence-electron chi connectivity index (χ1n) is 7.47. The Hall–Kier alpha value is -2.74. The molecule has 7 nitrogen and oxygen atoms in total. The van der Waals surface area contributed by atoms with Gasteiger partial charge in [0.15, 0.2) is 5.03 Å². The van der Waals surface area contributed by atoms with E-state index < -0.39 is 0 Å². The van der Waals surface area contributed by atoms with Gasteiger partial charge >= 0.3 is 5.78 Å². The zero-order valence-electron chi connectivity index (χ0n) is 13.2. The molecule has 1 aromatic carbocycles. The molecule has 0 aliphatic carbocycles. The molecule has 8 heteroatoms. The van der Waals surface area contributed by atoms with E-state index in [-0.39, 0.29) is 0 Å². The monoisotopic (exact) mass is 339 g/mol. The molecule has 3 heterocycles. The van der Waals surface area contributed by atoms with Crippen LogP contribution in [0.3, 0.4) is 0 Å². The van der Waals surface area contributed by atoms with Crippen molar-refractivity contribution in [3.8, 4) is 0 Å². The second-order valence-corrected chi connectivity index (χ2v) is 6.38. The number of hydrogen-bond donors (Lipinski definition) is 1. The average Bonchev–Trinajstić information content (AvgIpc) is 3.14. The van der Waals surface area contributed by atoms with Crippen molar-refractivity contribution in [2.24, 2.45) is 0 Å². The van der Waals surface area contributed by atoms with Gasteiger partial charge in [0.2, 0.25) is 11.7 Å². The number of aromatic nitrogens is 6. The van der Waals surface area contributed by atoms with Gasteiger partial charge in [-0.05, 0) is 12.5 Å². The summed E-state index contributed by atoms with van der Waals surface area (Å²) in [5.74, 6) is 2.01. The van der Waals surface area contributed by atoms with Crippen molar-refractivity contribution in [1.82, 2.24) is 25.3 Å². The third-order valence-electron chi connectivity index (χ3n) is 3.41. The summed E-state index contributed by atoms with van der Waals surface area (Å²) in [7, 11) is 0. The molecule has 0 aliphatic heterocycles. The molecule has 0 amide bonds. The standard InChI is InChI=1S/C16H14N6OS/c1-10-8-14(22-15(17-10)18-11(2)21-22)24-16-20-19-13(23-16)9-12-6-4-3-5-7-12/h3-8H,9H2,1-2H3/p+1. The van der Waals surface area contributed by atoms with Crippen molar-refractivity contribution >= 4 is 17.5 Å². The van der Waals surface area contributed by atoms with Gasteiger partial charge in [-0.15, -0.1) is 14.7 Å². The normalized spacial score (nSPS) is 11.2. The minimum Gasteiger partial charge on any atom is -0.415 e. The highest BCUT2D eigenvalue weighted by atomic mass is 32.2. The Labute approximate surface area is 142 Å². The Bertz CT molecular complexity index is 994. The van der Waals surface area contributed by atoms with Crippen LogP contribution in [0.5, 0.6) is 0 Å². The molecule has 0 radical (unpaired) electrons. The summed E-state index contributed by atoms with van der Waals surface area (Å²) in [6.07, 6.45) is 0.621. The number of nitrogens with one attached hydrogen (secondary N) is 1. The van der Waals surface area contributed by atoms with Crippen LogP contribution in [-0.4, -0.2) is 25.3 Å². The lowest BCUT2D eigenvalue weighted by molar-refractivity contribution is -0.620. The molecule has 0 saturated carbocycles. The van der Waals surface area contributed by atoms with Gasteiger partial charge in [0.1, 0.15) is 5.69 Å². The Morgan fingerprint density at radius 3 is 2.79 bits per heavy atom. The van der Waals surface area contributed by atoms with Crippen LogP contribution in [0.1, 0.15) is 23.0 Å². The number of fused-ring (bicyclic) bond motifs is 1. The predicted molar refractivity (Wildman–Crippen MR) is 86.7 cm³/mol. The quantitative estimate of drug-likeness (QED) is 0.453. The highest BCUT2D eigenvalue weighted by molar-refractivity contribution is 7.98. The molecule has 1 N–H and O–H groups in total.